The highest BCUT2D eigenvalue weighted by Gasteiger charge is 2.22. The third-order valence-electron chi connectivity index (χ3n) is 7.06. The van der Waals surface area contributed by atoms with Crippen LogP contribution in [-0.4, -0.2) is 52.3 Å². The Morgan fingerprint density at radius 1 is 0.585 bits per heavy atom. The van der Waals surface area contributed by atoms with Crippen LogP contribution in [0.15, 0.2) is 122 Å². The lowest BCUT2D eigenvalue weighted by molar-refractivity contribution is -0.161. The van der Waals surface area contributed by atoms with Gasteiger partial charge in [0.15, 0.2) is 6.10 Å². The molecule has 3 N–H and O–H groups in total. The molecule has 0 heterocycles. The first-order valence-corrected chi connectivity index (χ1v) is 20.5. The molecule has 0 rings (SSSR count). The summed E-state index contributed by atoms with van der Waals surface area (Å²) >= 11 is 0. The van der Waals surface area contributed by atoms with Crippen molar-refractivity contribution in [3.05, 3.63) is 122 Å². The number of phosphoric ester groups is 1. The maximum absolute atomic E-state index is 12.4. The van der Waals surface area contributed by atoms with Crippen LogP contribution in [0.1, 0.15) is 110 Å². The molecule has 0 aromatic heterocycles. The maximum Gasteiger partial charge on any atom is 0.469 e. The average molecular weight is 757 g/mol. The zero-order valence-corrected chi connectivity index (χ0v) is 32.9. The van der Waals surface area contributed by atoms with Gasteiger partial charge in [0.1, 0.15) is 6.61 Å². The molecule has 0 spiro atoms. The van der Waals surface area contributed by atoms with Gasteiger partial charge in [0.05, 0.1) is 12.7 Å². The molecule has 0 aliphatic heterocycles. The summed E-state index contributed by atoms with van der Waals surface area (Å²) in [5.74, 6) is -1.08. The Morgan fingerprint density at radius 2 is 1.04 bits per heavy atom. The molecule has 0 radical (unpaired) electrons. The Bertz CT molecular complexity index is 1280. The molecule has 0 amide bonds. The van der Waals surface area contributed by atoms with Crippen molar-refractivity contribution in [2.45, 2.75) is 122 Å². The Hall–Kier alpha value is -3.59. The molecule has 53 heavy (non-hydrogen) atoms. The van der Waals surface area contributed by atoms with Crippen molar-refractivity contribution in [3.63, 3.8) is 0 Å². The fourth-order valence-corrected chi connectivity index (χ4v) is 4.65. The Balaban J connectivity index is 4.27. The van der Waals surface area contributed by atoms with Gasteiger partial charge in [0, 0.05) is 12.8 Å². The minimum atomic E-state index is -4.80. The molecule has 0 aromatic carbocycles. The SMILES string of the molecule is CC/C=C\C/C=C\C/C=C\C/C=C\C/C=C\CCCC(=O)O[C@H](COC(=O)CCC/C=C\C/C=C\C=C\C(O)C/C=C\C/C=C\CC)COP(=O)(O)O. The van der Waals surface area contributed by atoms with E-state index in [1.165, 1.54) is 0 Å². The summed E-state index contributed by atoms with van der Waals surface area (Å²) < 4.78 is 26.2. The molecule has 0 aromatic rings. The van der Waals surface area contributed by atoms with Gasteiger partial charge in [-0.1, -0.05) is 135 Å². The fraction of sp³-hybridized carbons (Fsp3) is 0.488. The average Bonchev–Trinajstić information content (AvgIpc) is 3.12. The van der Waals surface area contributed by atoms with Gasteiger partial charge in [0.2, 0.25) is 0 Å². The van der Waals surface area contributed by atoms with Gasteiger partial charge in [-0.3, -0.25) is 14.1 Å². The fourth-order valence-electron chi connectivity index (χ4n) is 4.29. The van der Waals surface area contributed by atoms with Gasteiger partial charge in [-0.25, -0.2) is 4.57 Å². The zero-order valence-electron chi connectivity index (χ0n) is 32.0. The van der Waals surface area contributed by atoms with Crippen LogP contribution in [0.4, 0.5) is 0 Å². The smallest absolute Gasteiger partial charge is 0.462 e. The minimum absolute atomic E-state index is 0.101. The normalized spacial score (nSPS) is 14.4. The Morgan fingerprint density at radius 3 is 1.55 bits per heavy atom. The first-order valence-electron chi connectivity index (χ1n) is 18.9. The molecular formula is C43H65O9P. The van der Waals surface area contributed by atoms with Gasteiger partial charge in [-0.2, -0.15) is 0 Å². The Kier molecular flexibility index (Phi) is 34.3. The molecule has 0 saturated carbocycles. The molecule has 1 unspecified atom stereocenters. The van der Waals surface area contributed by atoms with Gasteiger partial charge in [-0.15, -0.1) is 0 Å². The number of ether oxygens (including phenoxy) is 2. The molecule has 0 saturated heterocycles. The lowest BCUT2D eigenvalue weighted by atomic mass is 10.2. The quantitative estimate of drug-likeness (QED) is 0.0201. The highest BCUT2D eigenvalue weighted by molar-refractivity contribution is 7.46. The van der Waals surface area contributed by atoms with E-state index in [-0.39, 0.29) is 19.4 Å². The molecule has 9 nitrogen and oxygen atoms in total. The van der Waals surface area contributed by atoms with Crippen LogP contribution in [0.25, 0.3) is 0 Å². The van der Waals surface area contributed by atoms with E-state index in [9.17, 15) is 19.3 Å². The van der Waals surface area contributed by atoms with Crippen molar-refractivity contribution in [2.75, 3.05) is 13.2 Å². The molecule has 0 aliphatic carbocycles. The Labute approximate surface area is 319 Å². The number of carbonyl (C=O) groups excluding carboxylic acids is 2. The molecule has 10 heteroatoms. The number of aliphatic hydroxyl groups is 1. The van der Waals surface area contributed by atoms with Gasteiger partial charge < -0.3 is 24.4 Å². The van der Waals surface area contributed by atoms with Crippen molar-refractivity contribution in [1.82, 2.24) is 0 Å². The predicted molar refractivity (Wildman–Crippen MR) is 217 cm³/mol. The zero-order chi connectivity index (χ0) is 39.1. The molecule has 0 bridgehead atoms. The summed E-state index contributed by atoms with van der Waals surface area (Å²) in [4.78, 5) is 42.7. The molecule has 0 aliphatic rings. The lowest BCUT2D eigenvalue weighted by Crippen LogP contribution is -2.29. The van der Waals surface area contributed by atoms with E-state index >= 15 is 0 Å². The molecular weight excluding hydrogens is 691 g/mol. The van der Waals surface area contributed by atoms with Gasteiger partial charge in [0.25, 0.3) is 0 Å². The van der Waals surface area contributed by atoms with Crippen molar-refractivity contribution < 1.29 is 43.0 Å². The van der Waals surface area contributed by atoms with Crippen LogP contribution in [0.5, 0.6) is 0 Å². The van der Waals surface area contributed by atoms with Crippen LogP contribution in [0.2, 0.25) is 0 Å². The maximum atomic E-state index is 12.4. The third-order valence-corrected chi connectivity index (χ3v) is 7.54. The third kappa shape index (κ3) is 39.5. The highest BCUT2D eigenvalue weighted by atomic mass is 31.2. The summed E-state index contributed by atoms with van der Waals surface area (Å²) in [5, 5.41) is 9.97. The summed E-state index contributed by atoms with van der Waals surface area (Å²) in [6.07, 6.45) is 49.6. The molecule has 296 valence electrons. The van der Waals surface area contributed by atoms with E-state index in [4.69, 9.17) is 19.3 Å². The topological polar surface area (TPSA) is 140 Å². The van der Waals surface area contributed by atoms with E-state index in [1.54, 1.807) is 6.08 Å². The van der Waals surface area contributed by atoms with Crippen molar-refractivity contribution in [1.29, 1.82) is 0 Å². The standard InChI is InChI=1S/C43H65O9P/c1-3-5-7-9-11-12-13-14-15-16-17-18-19-20-25-29-33-37-43(46)52-41(39-51-53(47,48)49)38-50-42(45)36-32-28-24-22-21-23-27-31-35-40(44)34-30-26-10-8-6-4-2/h5-8,11-12,14-15,17-18,20,22-27,30-31,35,40-41,44H,3-4,9-10,13,16,19,21,28-29,32-34,36-39H2,1-2H3,(H2,47,48,49)/b7-5-,8-6-,12-11-,15-14-,18-17-,24-22-,25-20-,27-23-,30-26-,35-31+/t40?,41-/m1/s1. The number of carbonyl (C=O) groups is 2. The van der Waals surface area contributed by atoms with E-state index in [0.717, 1.165) is 44.9 Å². The van der Waals surface area contributed by atoms with Crippen LogP contribution in [0, 0.1) is 0 Å². The number of aliphatic hydroxyl groups excluding tert-OH is 1. The summed E-state index contributed by atoms with van der Waals surface area (Å²) in [7, 11) is -4.80. The van der Waals surface area contributed by atoms with Crippen molar-refractivity contribution in [2.24, 2.45) is 0 Å². The molecule has 2 atom stereocenters. The number of phosphoric acid groups is 1. The van der Waals surface area contributed by atoms with Gasteiger partial charge in [-0.05, 0) is 83.5 Å². The van der Waals surface area contributed by atoms with Crippen molar-refractivity contribution in [3.8, 4) is 0 Å². The number of unbranched alkanes of at least 4 members (excludes halogenated alkanes) is 2. The number of esters is 2. The number of hydrogen-bond acceptors (Lipinski definition) is 7. The van der Waals surface area contributed by atoms with Gasteiger partial charge >= 0.3 is 19.8 Å². The largest absolute Gasteiger partial charge is 0.469 e. The van der Waals surface area contributed by atoms with Crippen LogP contribution < -0.4 is 0 Å². The van der Waals surface area contributed by atoms with Crippen LogP contribution >= 0.6 is 7.82 Å². The van der Waals surface area contributed by atoms with E-state index < -0.39 is 38.6 Å². The minimum Gasteiger partial charge on any atom is -0.462 e. The number of hydrogen-bond donors (Lipinski definition) is 3. The van der Waals surface area contributed by atoms with Crippen LogP contribution in [0.3, 0.4) is 0 Å². The highest BCUT2D eigenvalue weighted by Crippen LogP contribution is 2.35. The van der Waals surface area contributed by atoms with Crippen LogP contribution in [-0.2, 0) is 28.2 Å². The second kappa shape index (κ2) is 36.8. The predicted octanol–water partition coefficient (Wildman–Crippen LogP) is 10.4. The first-order chi connectivity index (χ1) is 25.7. The second-order valence-corrected chi connectivity index (χ2v) is 13.2. The second-order valence-electron chi connectivity index (χ2n) is 12.0. The lowest BCUT2D eigenvalue weighted by Gasteiger charge is -2.18. The van der Waals surface area contributed by atoms with E-state index in [0.29, 0.717) is 38.5 Å². The summed E-state index contributed by atoms with van der Waals surface area (Å²) in [5.41, 5.74) is 0. The summed E-state index contributed by atoms with van der Waals surface area (Å²) in [6, 6.07) is 0. The number of allylic oxidation sites excluding steroid dienone is 18. The number of rotatable bonds is 32. The van der Waals surface area contributed by atoms with E-state index in [2.05, 4.69) is 79.1 Å². The molecule has 0 fully saturated rings. The summed E-state index contributed by atoms with van der Waals surface area (Å²) in [6.45, 7) is 3.25. The van der Waals surface area contributed by atoms with Crippen molar-refractivity contribution >= 4 is 19.8 Å². The monoisotopic (exact) mass is 756 g/mol. The first kappa shape index (κ1) is 49.4. The van der Waals surface area contributed by atoms with E-state index in [1.807, 2.05) is 54.7 Å².